The maximum absolute atomic E-state index is 13.2. The minimum absolute atomic E-state index is 0.178. The van der Waals surface area contributed by atoms with Crippen LogP contribution in [0.2, 0.25) is 0 Å². The van der Waals surface area contributed by atoms with E-state index in [-0.39, 0.29) is 11.9 Å². The molecule has 1 fully saturated rings. The van der Waals surface area contributed by atoms with E-state index in [1.165, 1.54) is 17.0 Å². The van der Waals surface area contributed by atoms with Crippen molar-refractivity contribution >= 4 is 38.8 Å². The highest BCUT2D eigenvalue weighted by molar-refractivity contribution is 7.14. The maximum atomic E-state index is 13.2. The largest absolute Gasteiger partial charge is 0.363 e. The molecule has 1 N–H and O–H groups in total. The van der Waals surface area contributed by atoms with E-state index in [1.807, 2.05) is 59.4 Å². The van der Waals surface area contributed by atoms with Crippen LogP contribution in [0.25, 0.3) is 16.5 Å². The van der Waals surface area contributed by atoms with Gasteiger partial charge in [-0.2, -0.15) is 0 Å². The topological polar surface area (TPSA) is 63.1 Å². The molecular formula is C27H23N5OS. The molecule has 1 saturated heterocycles. The Morgan fingerprint density at radius 1 is 1.03 bits per heavy atom. The first-order valence-electron chi connectivity index (χ1n) is 11.4. The zero-order valence-electron chi connectivity index (χ0n) is 18.5. The van der Waals surface area contributed by atoms with Crippen LogP contribution in [0.1, 0.15) is 35.1 Å². The van der Waals surface area contributed by atoms with Crippen LogP contribution in [-0.2, 0) is 0 Å². The third kappa shape index (κ3) is 3.74. The lowest BCUT2D eigenvalue weighted by molar-refractivity contribution is 0.102. The molecule has 1 aliphatic heterocycles. The summed E-state index contributed by atoms with van der Waals surface area (Å²) in [6.45, 7) is 1.02. The van der Waals surface area contributed by atoms with Crippen LogP contribution in [0.4, 0.5) is 10.8 Å². The van der Waals surface area contributed by atoms with Gasteiger partial charge in [-0.1, -0.05) is 30.3 Å². The van der Waals surface area contributed by atoms with E-state index < -0.39 is 0 Å². The third-order valence-electron chi connectivity index (χ3n) is 6.32. The Morgan fingerprint density at radius 3 is 2.85 bits per heavy atom. The summed E-state index contributed by atoms with van der Waals surface area (Å²) in [5.74, 6) is -0.178. The van der Waals surface area contributed by atoms with E-state index in [0.29, 0.717) is 10.8 Å². The van der Waals surface area contributed by atoms with Crippen LogP contribution in [0.5, 0.6) is 0 Å². The normalized spacial score (nSPS) is 15.6. The molecule has 7 heteroatoms. The van der Waals surface area contributed by atoms with Crippen molar-refractivity contribution in [3.63, 3.8) is 0 Å². The number of thiazole rings is 1. The van der Waals surface area contributed by atoms with Gasteiger partial charge in [-0.15, -0.1) is 11.3 Å². The quantitative estimate of drug-likeness (QED) is 0.342. The highest BCUT2D eigenvalue weighted by atomic mass is 32.1. The Labute approximate surface area is 201 Å². The smallest absolute Gasteiger partial charge is 0.274 e. The first kappa shape index (κ1) is 20.6. The van der Waals surface area contributed by atoms with Crippen molar-refractivity contribution in [1.29, 1.82) is 0 Å². The Kier molecular flexibility index (Phi) is 5.31. The number of aromatic nitrogens is 3. The lowest BCUT2D eigenvalue weighted by Crippen LogP contribution is -2.22. The van der Waals surface area contributed by atoms with Crippen molar-refractivity contribution in [2.45, 2.75) is 18.9 Å². The Balaban J connectivity index is 1.24. The second-order valence-corrected chi connectivity index (χ2v) is 9.21. The number of hydrogen-bond acceptors (Lipinski definition) is 5. The lowest BCUT2D eigenvalue weighted by atomic mass is 10.1. The van der Waals surface area contributed by atoms with Gasteiger partial charge in [0.2, 0.25) is 0 Å². The van der Waals surface area contributed by atoms with Gasteiger partial charge in [-0.25, -0.2) is 4.98 Å². The van der Waals surface area contributed by atoms with E-state index >= 15 is 0 Å². The van der Waals surface area contributed by atoms with Crippen LogP contribution < -0.4 is 10.2 Å². The van der Waals surface area contributed by atoms with E-state index in [9.17, 15) is 4.79 Å². The SMILES string of the molecule is O=C(Nc1nc([C@H]2CCCN2c2ccccc2)cs1)c1cccn1-c1cccc2cnccc12. The summed E-state index contributed by atoms with van der Waals surface area (Å²) in [7, 11) is 0. The molecule has 0 saturated carbocycles. The summed E-state index contributed by atoms with van der Waals surface area (Å²) < 4.78 is 1.92. The minimum Gasteiger partial charge on any atom is -0.363 e. The molecule has 34 heavy (non-hydrogen) atoms. The molecule has 0 radical (unpaired) electrons. The fourth-order valence-electron chi connectivity index (χ4n) is 4.75. The molecule has 5 aromatic rings. The summed E-state index contributed by atoms with van der Waals surface area (Å²) in [4.78, 5) is 24.6. The van der Waals surface area contributed by atoms with E-state index in [4.69, 9.17) is 4.98 Å². The van der Waals surface area contributed by atoms with Crippen molar-refractivity contribution in [2.75, 3.05) is 16.8 Å². The summed E-state index contributed by atoms with van der Waals surface area (Å²) >= 11 is 1.48. The maximum Gasteiger partial charge on any atom is 0.274 e. The molecule has 0 spiro atoms. The molecule has 0 aliphatic carbocycles. The zero-order chi connectivity index (χ0) is 22.9. The predicted molar refractivity (Wildman–Crippen MR) is 137 cm³/mol. The molecule has 168 valence electrons. The van der Waals surface area contributed by atoms with Crippen LogP contribution >= 0.6 is 11.3 Å². The molecule has 1 aliphatic rings. The first-order chi connectivity index (χ1) is 16.8. The number of fused-ring (bicyclic) bond motifs is 1. The van der Waals surface area contributed by atoms with Gasteiger partial charge in [-0.05, 0) is 49.2 Å². The van der Waals surface area contributed by atoms with E-state index in [1.54, 1.807) is 6.20 Å². The van der Waals surface area contributed by atoms with Gasteiger partial charge in [0, 0.05) is 47.0 Å². The Hall–Kier alpha value is -3.97. The predicted octanol–water partition coefficient (Wildman–Crippen LogP) is 6.08. The van der Waals surface area contributed by atoms with Crippen LogP contribution in [-0.4, -0.2) is 27.0 Å². The van der Waals surface area contributed by atoms with Gasteiger partial charge in [0.1, 0.15) is 5.69 Å². The zero-order valence-corrected chi connectivity index (χ0v) is 19.3. The van der Waals surface area contributed by atoms with Crippen molar-refractivity contribution in [2.24, 2.45) is 0 Å². The average molecular weight is 466 g/mol. The number of nitrogens with one attached hydrogen (secondary N) is 1. The summed E-state index contributed by atoms with van der Waals surface area (Å²) in [5.41, 5.74) is 3.73. The summed E-state index contributed by atoms with van der Waals surface area (Å²) in [6.07, 6.45) is 7.71. The number of amides is 1. The Morgan fingerprint density at radius 2 is 1.94 bits per heavy atom. The number of benzene rings is 2. The van der Waals surface area contributed by atoms with E-state index in [0.717, 1.165) is 41.5 Å². The number of pyridine rings is 1. The standard InChI is InChI=1S/C27H23N5OS/c33-26(25-12-6-16-32(25)23-10-4-7-19-17-28-14-13-21(19)23)30-27-29-22(18-34-27)24-11-5-15-31(24)20-8-2-1-3-9-20/h1-4,6-10,12-14,16-18,24H,5,11,15H2,(H,29,30,33)/t24-/m1/s1. The summed E-state index contributed by atoms with van der Waals surface area (Å²) in [6, 6.07) is 22.4. The molecule has 6 rings (SSSR count). The minimum atomic E-state index is -0.178. The lowest BCUT2D eigenvalue weighted by Gasteiger charge is -2.25. The molecule has 0 unspecified atom stereocenters. The van der Waals surface area contributed by atoms with Crippen molar-refractivity contribution in [1.82, 2.24) is 14.5 Å². The number of rotatable bonds is 5. The van der Waals surface area contributed by atoms with Gasteiger partial charge in [0.25, 0.3) is 5.91 Å². The number of carbonyl (C=O) groups is 1. The van der Waals surface area contributed by atoms with Gasteiger partial charge in [0.15, 0.2) is 5.13 Å². The second kappa shape index (κ2) is 8.76. The molecule has 4 heterocycles. The molecule has 1 atom stereocenters. The third-order valence-corrected chi connectivity index (χ3v) is 7.10. The first-order valence-corrected chi connectivity index (χ1v) is 12.2. The molecule has 3 aromatic heterocycles. The number of anilines is 2. The summed E-state index contributed by atoms with van der Waals surface area (Å²) in [5, 5.41) is 7.78. The Bertz CT molecular complexity index is 1450. The van der Waals surface area contributed by atoms with E-state index in [2.05, 4.69) is 44.8 Å². The fraction of sp³-hybridized carbons (Fsp3) is 0.148. The van der Waals surface area contributed by atoms with Crippen LogP contribution in [0.15, 0.2) is 90.7 Å². The second-order valence-electron chi connectivity index (χ2n) is 8.36. The number of hydrogen-bond donors (Lipinski definition) is 1. The number of carbonyl (C=O) groups excluding carboxylic acids is 1. The highest BCUT2D eigenvalue weighted by Gasteiger charge is 2.28. The van der Waals surface area contributed by atoms with Crippen molar-refractivity contribution in [3.8, 4) is 5.69 Å². The van der Waals surface area contributed by atoms with Gasteiger partial charge < -0.3 is 9.47 Å². The van der Waals surface area contributed by atoms with Crippen LogP contribution in [0, 0.1) is 0 Å². The average Bonchev–Trinajstić information content (AvgIpc) is 3.65. The van der Waals surface area contributed by atoms with Gasteiger partial charge >= 0.3 is 0 Å². The van der Waals surface area contributed by atoms with Crippen molar-refractivity contribution < 1.29 is 4.79 Å². The monoisotopic (exact) mass is 465 g/mol. The highest BCUT2D eigenvalue weighted by Crippen LogP contribution is 2.37. The molecule has 1 amide bonds. The molecule has 6 nitrogen and oxygen atoms in total. The van der Waals surface area contributed by atoms with Gasteiger partial charge in [-0.3, -0.25) is 15.1 Å². The fourth-order valence-corrected chi connectivity index (χ4v) is 5.50. The van der Waals surface area contributed by atoms with Crippen LogP contribution in [0.3, 0.4) is 0 Å². The number of para-hydroxylation sites is 1. The van der Waals surface area contributed by atoms with Gasteiger partial charge in [0.05, 0.1) is 17.4 Å². The van der Waals surface area contributed by atoms with Crippen molar-refractivity contribution in [3.05, 3.63) is 102 Å². The molecule has 2 aromatic carbocycles. The molecule has 0 bridgehead atoms. The number of nitrogens with zero attached hydrogens (tertiary/aromatic N) is 4. The molecular weight excluding hydrogens is 442 g/mol.